The maximum absolute atomic E-state index is 12.6. The highest BCUT2D eigenvalue weighted by atomic mass is 32.1. The lowest BCUT2D eigenvalue weighted by Crippen LogP contribution is -2.35. The molecule has 1 aromatic rings. The Kier molecular flexibility index (Phi) is 5.23. The first-order valence-electron chi connectivity index (χ1n) is 8.38. The predicted octanol–water partition coefficient (Wildman–Crippen LogP) is 3.42. The molecule has 0 amide bonds. The van der Waals surface area contributed by atoms with Gasteiger partial charge in [0.1, 0.15) is 0 Å². The first kappa shape index (κ1) is 16.3. The molecule has 1 saturated heterocycles. The van der Waals surface area contributed by atoms with E-state index in [9.17, 15) is 9.59 Å². The topological polar surface area (TPSA) is 37.4 Å². The van der Waals surface area contributed by atoms with Crippen LogP contribution in [0.5, 0.6) is 0 Å². The van der Waals surface area contributed by atoms with Crippen LogP contribution in [0.1, 0.15) is 31.7 Å². The van der Waals surface area contributed by atoms with Crippen molar-refractivity contribution in [2.45, 2.75) is 38.6 Å². The van der Waals surface area contributed by atoms with Crippen molar-refractivity contribution in [3.8, 4) is 0 Å². The molecule has 3 nitrogen and oxygen atoms in total. The fourth-order valence-electron chi connectivity index (χ4n) is 3.53. The highest BCUT2D eigenvalue weighted by Gasteiger charge is 2.34. The van der Waals surface area contributed by atoms with E-state index in [1.165, 1.54) is 5.56 Å². The van der Waals surface area contributed by atoms with E-state index in [0.29, 0.717) is 18.0 Å². The second kappa shape index (κ2) is 7.37. The van der Waals surface area contributed by atoms with E-state index >= 15 is 0 Å². The molecule has 23 heavy (non-hydrogen) atoms. The Bertz CT molecular complexity index is 630. The zero-order valence-electron chi connectivity index (χ0n) is 13.5. The molecule has 2 aliphatic rings. The molecule has 1 aromatic heterocycles. The van der Waals surface area contributed by atoms with E-state index < -0.39 is 0 Å². The highest BCUT2D eigenvalue weighted by Crippen LogP contribution is 2.26. The Balaban J connectivity index is 1.63. The minimum absolute atomic E-state index is 0.0202. The van der Waals surface area contributed by atoms with Gasteiger partial charge in [-0.05, 0) is 54.3 Å². The summed E-state index contributed by atoms with van der Waals surface area (Å²) >= 11 is 1.74. The average molecular weight is 329 g/mol. The first-order chi connectivity index (χ1) is 11.2. The summed E-state index contributed by atoms with van der Waals surface area (Å²) < 4.78 is 0. The van der Waals surface area contributed by atoms with Crippen LogP contribution in [-0.4, -0.2) is 35.6 Å². The second-order valence-electron chi connectivity index (χ2n) is 6.38. The molecule has 4 heteroatoms. The van der Waals surface area contributed by atoms with Gasteiger partial charge in [0.15, 0.2) is 11.6 Å². The Morgan fingerprint density at radius 2 is 2.35 bits per heavy atom. The number of hydrogen-bond donors (Lipinski definition) is 0. The highest BCUT2D eigenvalue weighted by molar-refractivity contribution is 7.07. The summed E-state index contributed by atoms with van der Waals surface area (Å²) in [7, 11) is 0. The standard InChI is InChI=1S/C19H23NO2S/c1-2-16(11-14-8-10-23-13-14)20-9-7-15(12-20)19(22)17-5-3-4-6-18(17)21/h3-5,8,10,13,15-16H,2,6-7,9,11-12H2,1H3. The third kappa shape index (κ3) is 3.70. The Morgan fingerprint density at radius 3 is 3.04 bits per heavy atom. The minimum Gasteiger partial charge on any atom is -0.299 e. The Hall–Kier alpha value is -1.52. The number of likely N-dealkylation sites (tertiary alicyclic amines) is 1. The van der Waals surface area contributed by atoms with E-state index in [0.717, 1.165) is 32.4 Å². The molecule has 0 bridgehead atoms. The van der Waals surface area contributed by atoms with E-state index in [4.69, 9.17) is 0 Å². The van der Waals surface area contributed by atoms with Gasteiger partial charge in [-0.2, -0.15) is 11.3 Å². The lowest BCUT2D eigenvalue weighted by molar-refractivity contribution is -0.123. The average Bonchev–Trinajstić information content (AvgIpc) is 3.24. The molecular formula is C19H23NO2S. The van der Waals surface area contributed by atoms with Gasteiger partial charge in [-0.3, -0.25) is 14.5 Å². The fourth-order valence-corrected chi connectivity index (χ4v) is 4.21. The van der Waals surface area contributed by atoms with Crippen LogP contribution >= 0.6 is 11.3 Å². The number of hydrogen-bond acceptors (Lipinski definition) is 4. The number of ketones is 2. The number of allylic oxidation sites excluding steroid dienone is 4. The molecule has 1 aliphatic carbocycles. The van der Waals surface area contributed by atoms with Gasteiger partial charge < -0.3 is 0 Å². The SMILES string of the molecule is CCC(Cc1ccsc1)N1CCC(C(=O)C2=CC=CCC2=O)C1. The van der Waals surface area contributed by atoms with Crippen molar-refractivity contribution in [3.05, 3.63) is 46.2 Å². The number of rotatable bonds is 6. The van der Waals surface area contributed by atoms with Crippen molar-refractivity contribution in [2.75, 3.05) is 13.1 Å². The van der Waals surface area contributed by atoms with Gasteiger partial charge in [0.25, 0.3) is 0 Å². The normalized spacial score (nSPS) is 23.1. The Morgan fingerprint density at radius 1 is 1.48 bits per heavy atom. The molecule has 1 fully saturated rings. The molecule has 1 aliphatic heterocycles. The monoisotopic (exact) mass is 329 g/mol. The predicted molar refractivity (Wildman–Crippen MR) is 93.6 cm³/mol. The summed E-state index contributed by atoms with van der Waals surface area (Å²) in [6.07, 6.45) is 8.70. The maximum Gasteiger partial charge on any atom is 0.170 e. The minimum atomic E-state index is -0.0266. The smallest absolute Gasteiger partial charge is 0.170 e. The van der Waals surface area contributed by atoms with Crippen LogP contribution in [0.15, 0.2) is 40.6 Å². The second-order valence-corrected chi connectivity index (χ2v) is 7.16. The zero-order chi connectivity index (χ0) is 16.2. The zero-order valence-corrected chi connectivity index (χ0v) is 14.3. The molecule has 2 heterocycles. The Labute approximate surface area is 141 Å². The number of thiophene rings is 1. The molecule has 2 unspecified atom stereocenters. The molecule has 0 spiro atoms. The van der Waals surface area contributed by atoms with E-state index in [2.05, 4.69) is 28.7 Å². The van der Waals surface area contributed by atoms with E-state index in [1.807, 2.05) is 12.2 Å². The lowest BCUT2D eigenvalue weighted by Gasteiger charge is -2.26. The van der Waals surface area contributed by atoms with E-state index in [1.54, 1.807) is 17.4 Å². The maximum atomic E-state index is 12.6. The summed E-state index contributed by atoms with van der Waals surface area (Å²) in [5, 5.41) is 4.33. The third-order valence-corrected chi connectivity index (χ3v) is 5.63. The molecule has 2 atom stereocenters. The van der Waals surface area contributed by atoms with Crippen LogP contribution < -0.4 is 0 Å². The molecule has 3 rings (SSSR count). The van der Waals surface area contributed by atoms with Gasteiger partial charge >= 0.3 is 0 Å². The van der Waals surface area contributed by atoms with Crippen LogP contribution in [-0.2, 0) is 16.0 Å². The summed E-state index contributed by atoms with van der Waals surface area (Å²) in [4.78, 5) is 27.0. The number of carbonyl (C=O) groups excluding carboxylic acids is 2. The van der Waals surface area contributed by atoms with Crippen molar-refractivity contribution in [1.29, 1.82) is 0 Å². The molecule has 0 saturated carbocycles. The number of Topliss-reactive ketones (excluding diaryl/α,β-unsaturated/α-hetero) is 2. The molecule has 0 N–H and O–H groups in total. The van der Waals surface area contributed by atoms with Crippen LogP contribution in [0.3, 0.4) is 0 Å². The van der Waals surface area contributed by atoms with Gasteiger partial charge in [-0.1, -0.05) is 19.1 Å². The quantitative estimate of drug-likeness (QED) is 0.751. The molecule has 122 valence electrons. The van der Waals surface area contributed by atoms with Gasteiger partial charge in [0, 0.05) is 24.9 Å². The third-order valence-electron chi connectivity index (χ3n) is 4.90. The van der Waals surface area contributed by atoms with Crippen LogP contribution in [0.2, 0.25) is 0 Å². The van der Waals surface area contributed by atoms with Gasteiger partial charge in [0.2, 0.25) is 0 Å². The lowest BCUT2D eigenvalue weighted by atomic mass is 9.91. The first-order valence-corrected chi connectivity index (χ1v) is 9.32. The van der Waals surface area contributed by atoms with Crippen molar-refractivity contribution < 1.29 is 9.59 Å². The molecule has 0 aromatic carbocycles. The number of carbonyl (C=O) groups is 2. The summed E-state index contributed by atoms with van der Waals surface area (Å²) in [6.45, 7) is 3.95. The van der Waals surface area contributed by atoms with Crippen molar-refractivity contribution >= 4 is 22.9 Å². The molecular weight excluding hydrogens is 306 g/mol. The van der Waals surface area contributed by atoms with Gasteiger partial charge in [-0.15, -0.1) is 0 Å². The molecule has 0 radical (unpaired) electrons. The summed E-state index contributed by atoms with van der Waals surface area (Å²) in [5.41, 5.74) is 1.79. The van der Waals surface area contributed by atoms with Crippen molar-refractivity contribution in [2.24, 2.45) is 5.92 Å². The van der Waals surface area contributed by atoms with Crippen LogP contribution in [0, 0.1) is 5.92 Å². The summed E-state index contributed by atoms with van der Waals surface area (Å²) in [5.74, 6) is 0.00160. The summed E-state index contributed by atoms with van der Waals surface area (Å²) in [6, 6.07) is 2.67. The van der Waals surface area contributed by atoms with Crippen LogP contribution in [0.4, 0.5) is 0 Å². The van der Waals surface area contributed by atoms with Gasteiger partial charge in [-0.25, -0.2) is 0 Å². The van der Waals surface area contributed by atoms with Gasteiger partial charge in [0.05, 0.1) is 5.57 Å². The number of nitrogens with zero attached hydrogens (tertiary/aromatic N) is 1. The largest absolute Gasteiger partial charge is 0.299 e. The van der Waals surface area contributed by atoms with Crippen molar-refractivity contribution in [3.63, 3.8) is 0 Å². The van der Waals surface area contributed by atoms with Crippen molar-refractivity contribution in [1.82, 2.24) is 4.90 Å². The van der Waals surface area contributed by atoms with Crippen LogP contribution in [0.25, 0.3) is 0 Å². The fraction of sp³-hybridized carbons (Fsp3) is 0.474. The van der Waals surface area contributed by atoms with E-state index in [-0.39, 0.29) is 17.5 Å².